The molecule has 3 aromatic rings. The quantitative estimate of drug-likeness (QED) is 0.0903. The summed E-state index contributed by atoms with van der Waals surface area (Å²) in [6, 6.07) is 6.80. The summed E-state index contributed by atoms with van der Waals surface area (Å²) in [6.45, 7) is 10.4. The molecule has 0 saturated heterocycles. The third-order valence-corrected chi connectivity index (χ3v) is 5.01. The molecule has 0 radical (unpaired) electrons. The monoisotopic (exact) mass is 583 g/mol. The highest BCUT2D eigenvalue weighted by Crippen LogP contribution is 2.35. The number of ketones is 1. The fourth-order valence-corrected chi connectivity index (χ4v) is 3.64. The maximum absolute atomic E-state index is 14.4. The number of alkyl halides is 4. The van der Waals surface area contributed by atoms with E-state index in [9.17, 15) is 27.2 Å². The zero-order valence-corrected chi connectivity index (χ0v) is 23.4. The SMILES string of the molecule is C=C(/C=C\C=C/C)C(=O)c1c(C)n(-c2cc(F)cc(OCC(=O)O)c2)c2cc(OC(F)(F)F)ccc12.CC.CCl. The third-order valence-electron chi connectivity index (χ3n) is 5.01. The molecule has 0 aliphatic heterocycles. The highest BCUT2D eigenvalue weighted by Gasteiger charge is 2.32. The van der Waals surface area contributed by atoms with Crippen LogP contribution in [0.2, 0.25) is 0 Å². The van der Waals surface area contributed by atoms with Gasteiger partial charge in [0.15, 0.2) is 12.4 Å². The number of allylic oxidation sites excluding steroid dienone is 5. The normalized spacial score (nSPS) is 11.1. The van der Waals surface area contributed by atoms with E-state index in [2.05, 4.69) is 22.9 Å². The van der Waals surface area contributed by atoms with Crippen LogP contribution in [0, 0.1) is 12.7 Å². The van der Waals surface area contributed by atoms with Crippen molar-refractivity contribution >= 4 is 34.3 Å². The number of rotatable bonds is 9. The van der Waals surface area contributed by atoms with Gasteiger partial charge < -0.3 is 19.1 Å². The minimum absolute atomic E-state index is 0.0937. The number of aromatic nitrogens is 1. The summed E-state index contributed by atoms with van der Waals surface area (Å²) in [5, 5.41) is 9.13. The molecule has 1 N–H and O–H groups in total. The number of carboxylic acid groups (broad SMARTS) is 1. The lowest BCUT2D eigenvalue weighted by atomic mass is 10.0. The minimum atomic E-state index is -4.96. The molecule has 1 aromatic heterocycles. The Morgan fingerprint density at radius 2 is 1.73 bits per heavy atom. The molecule has 0 unspecified atom stereocenters. The second-order valence-corrected chi connectivity index (χ2v) is 7.59. The number of nitrogens with zero attached hydrogens (tertiary/aromatic N) is 1. The molecular formula is C29H30ClF4NO5. The maximum Gasteiger partial charge on any atom is 0.573 e. The fourth-order valence-electron chi connectivity index (χ4n) is 3.64. The van der Waals surface area contributed by atoms with E-state index >= 15 is 0 Å². The number of ether oxygens (including phenoxy) is 2. The number of carboxylic acids is 1. The van der Waals surface area contributed by atoms with Crippen molar-refractivity contribution in [2.24, 2.45) is 0 Å². The van der Waals surface area contributed by atoms with Crippen LogP contribution in [0.4, 0.5) is 17.6 Å². The lowest BCUT2D eigenvalue weighted by molar-refractivity contribution is -0.274. The van der Waals surface area contributed by atoms with Crippen LogP contribution in [-0.2, 0) is 4.79 Å². The van der Waals surface area contributed by atoms with Gasteiger partial charge in [-0.05, 0) is 32.0 Å². The first-order valence-electron chi connectivity index (χ1n) is 11.9. The van der Waals surface area contributed by atoms with Crippen LogP contribution in [0.25, 0.3) is 16.6 Å². The van der Waals surface area contributed by atoms with E-state index in [0.29, 0.717) is 0 Å². The van der Waals surface area contributed by atoms with Crippen LogP contribution in [0.1, 0.15) is 36.8 Å². The molecule has 0 atom stereocenters. The topological polar surface area (TPSA) is 77.8 Å². The molecule has 0 saturated carbocycles. The average molecular weight is 584 g/mol. The average Bonchev–Trinajstić information content (AvgIpc) is 3.19. The number of hydrogen-bond acceptors (Lipinski definition) is 4. The molecule has 6 nitrogen and oxygen atoms in total. The molecule has 2 aromatic carbocycles. The van der Waals surface area contributed by atoms with Crippen molar-refractivity contribution in [2.75, 3.05) is 13.0 Å². The molecular weight excluding hydrogens is 554 g/mol. The van der Waals surface area contributed by atoms with E-state index < -0.39 is 36.3 Å². The van der Waals surface area contributed by atoms with Crippen LogP contribution in [0.5, 0.6) is 11.5 Å². The Morgan fingerprint density at radius 3 is 2.30 bits per heavy atom. The smallest absolute Gasteiger partial charge is 0.482 e. The molecule has 0 fully saturated rings. The highest BCUT2D eigenvalue weighted by atomic mass is 35.5. The second kappa shape index (κ2) is 15.5. The van der Waals surface area contributed by atoms with Crippen LogP contribution >= 0.6 is 11.6 Å². The number of benzene rings is 2. The van der Waals surface area contributed by atoms with Gasteiger partial charge in [-0.2, -0.15) is 0 Å². The fraction of sp³-hybridized carbons (Fsp3) is 0.241. The van der Waals surface area contributed by atoms with Crippen LogP contribution in [0.15, 0.2) is 72.9 Å². The van der Waals surface area contributed by atoms with Gasteiger partial charge in [0.1, 0.15) is 17.3 Å². The van der Waals surface area contributed by atoms with Crippen molar-refractivity contribution in [2.45, 2.75) is 34.1 Å². The summed E-state index contributed by atoms with van der Waals surface area (Å²) in [7, 11) is 0. The predicted molar refractivity (Wildman–Crippen MR) is 148 cm³/mol. The van der Waals surface area contributed by atoms with E-state index in [4.69, 9.17) is 9.84 Å². The zero-order valence-electron chi connectivity index (χ0n) is 22.6. The molecule has 0 aliphatic rings. The second-order valence-electron chi connectivity index (χ2n) is 7.59. The standard InChI is InChI=1S/C26H21F4NO5.C2H6.CH3Cl/c1-4-5-6-7-15(2)25(34)24-16(3)31(18-10-17(27)11-20(12-18)35-14-23(32)33)22-13-19(8-9-21(22)24)36-26(28,29)30;2*1-2/h4-13H,2,14H2,1,3H3,(H,32,33);1-2H3;1H3/b5-4-,7-6-;;. The van der Waals surface area contributed by atoms with Crippen molar-refractivity contribution < 1.29 is 41.7 Å². The van der Waals surface area contributed by atoms with Crippen molar-refractivity contribution in [1.82, 2.24) is 4.57 Å². The molecule has 0 amide bonds. The number of aliphatic carboxylic acids is 1. The maximum atomic E-state index is 14.4. The van der Waals surface area contributed by atoms with E-state index in [1.807, 2.05) is 13.8 Å². The van der Waals surface area contributed by atoms with E-state index in [1.54, 1.807) is 32.1 Å². The summed E-state index contributed by atoms with van der Waals surface area (Å²) < 4.78 is 63.5. The summed E-state index contributed by atoms with van der Waals surface area (Å²) in [5.74, 6) is -3.22. The first-order valence-corrected chi connectivity index (χ1v) is 12.6. The molecule has 216 valence electrons. The molecule has 1 heterocycles. The number of fused-ring (bicyclic) bond motifs is 1. The summed E-state index contributed by atoms with van der Waals surface area (Å²) >= 11 is 4.64. The Morgan fingerprint density at radius 1 is 1.07 bits per heavy atom. The van der Waals surface area contributed by atoms with Gasteiger partial charge in [0.2, 0.25) is 0 Å². The van der Waals surface area contributed by atoms with Crippen molar-refractivity contribution in [3.8, 4) is 17.2 Å². The van der Waals surface area contributed by atoms with Gasteiger partial charge in [-0.25, -0.2) is 9.18 Å². The molecule has 0 spiro atoms. The first kappa shape index (κ1) is 34.0. The number of halogens is 5. The lowest BCUT2D eigenvalue weighted by Gasteiger charge is -2.13. The first-order chi connectivity index (χ1) is 18.9. The van der Waals surface area contributed by atoms with Crippen LogP contribution < -0.4 is 9.47 Å². The van der Waals surface area contributed by atoms with Gasteiger partial charge in [-0.15, -0.1) is 24.8 Å². The highest BCUT2D eigenvalue weighted by molar-refractivity contribution is 6.18. The Bertz CT molecular complexity index is 1410. The summed E-state index contributed by atoms with van der Waals surface area (Å²) in [4.78, 5) is 24.1. The van der Waals surface area contributed by atoms with Crippen LogP contribution in [0.3, 0.4) is 0 Å². The van der Waals surface area contributed by atoms with Crippen molar-refractivity contribution in [3.05, 3.63) is 89.9 Å². The molecule has 40 heavy (non-hydrogen) atoms. The Kier molecular flexibility index (Phi) is 13.2. The Balaban J connectivity index is 0.00000191. The lowest BCUT2D eigenvalue weighted by Crippen LogP contribution is -2.17. The number of Topliss-reactive ketones (excluding diaryl/α,β-unsaturated/α-hetero) is 1. The number of hydrogen-bond donors (Lipinski definition) is 1. The summed E-state index contributed by atoms with van der Waals surface area (Å²) in [5.41, 5.74) is 0.773. The minimum Gasteiger partial charge on any atom is -0.482 e. The Hall–Kier alpha value is -4.05. The Labute approximate surface area is 234 Å². The summed E-state index contributed by atoms with van der Waals surface area (Å²) in [6.07, 6.45) is 3.07. The molecule has 0 aliphatic carbocycles. The van der Waals surface area contributed by atoms with Crippen molar-refractivity contribution in [3.63, 3.8) is 0 Å². The van der Waals surface area contributed by atoms with E-state index in [1.165, 1.54) is 29.2 Å². The van der Waals surface area contributed by atoms with Gasteiger partial charge in [0.05, 0.1) is 16.8 Å². The largest absolute Gasteiger partial charge is 0.573 e. The van der Waals surface area contributed by atoms with E-state index in [-0.39, 0.29) is 39.2 Å². The molecule has 0 bridgehead atoms. The number of carbonyl (C=O) groups excluding carboxylic acids is 1. The third kappa shape index (κ3) is 9.01. The molecule has 11 heteroatoms. The van der Waals surface area contributed by atoms with Crippen molar-refractivity contribution in [1.29, 1.82) is 0 Å². The predicted octanol–water partition coefficient (Wildman–Crippen LogP) is 8.19. The van der Waals surface area contributed by atoms with Crippen LogP contribution in [-0.4, -0.2) is 40.8 Å². The van der Waals surface area contributed by atoms with Gasteiger partial charge in [-0.3, -0.25) is 4.79 Å². The van der Waals surface area contributed by atoms with Gasteiger partial charge in [-0.1, -0.05) is 44.7 Å². The zero-order chi connectivity index (χ0) is 30.6. The van der Waals surface area contributed by atoms with E-state index in [0.717, 1.165) is 24.3 Å². The van der Waals surface area contributed by atoms with Gasteiger partial charge in [0, 0.05) is 41.2 Å². The van der Waals surface area contributed by atoms with Gasteiger partial charge >= 0.3 is 12.3 Å². The molecule has 3 rings (SSSR count). The van der Waals surface area contributed by atoms with Gasteiger partial charge in [0.25, 0.3) is 0 Å². The number of carbonyl (C=O) groups is 2.